The molecule has 0 aromatic heterocycles. The molecule has 0 radical (unpaired) electrons. The number of phenols is 1. The molecule has 3 unspecified atom stereocenters. The summed E-state index contributed by atoms with van der Waals surface area (Å²) in [7, 11) is 3.79. The maximum atomic E-state index is 12.6. The van der Waals surface area contributed by atoms with Crippen LogP contribution >= 0.6 is 33.4 Å². The Hall–Kier alpha value is -1.29. The minimum atomic E-state index is -1.64. The number of hydrogen-bond donors (Lipinski definition) is 2. The molecule has 2 amide bonds. The van der Waals surface area contributed by atoms with Gasteiger partial charge in [0.2, 0.25) is 0 Å². The molecule has 2 N–H and O–H groups in total. The molecule has 4 rings (SSSR count). The molecule has 2 fully saturated rings. The molecule has 0 saturated carbocycles. The van der Waals surface area contributed by atoms with E-state index in [2.05, 4.69) is 5.32 Å². The summed E-state index contributed by atoms with van der Waals surface area (Å²) in [6.45, 7) is 0. The van der Waals surface area contributed by atoms with Crippen molar-refractivity contribution in [2.75, 3.05) is 7.11 Å². The van der Waals surface area contributed by atoms with Crippen molar-refractivity contribution in [2.45, 2.75) is 17.2 Å². The molecule has 7 nitrogen and oxygen atoms in total. The monoisotopic (exact) mass is 360 g/mol. The van der Waals surface area contributed by atoms with Gasteiger partial charge in [0.05, 0.1) is 5.02 Å². The van der Waals surface area contributed by atoms with Gasteiger partial charge in [-0.25, -0.2) is 4.31 Å². The van der Waals surface area contributed by atoms with Crippen LogP contribution in [-0.4, -0.2) is 39.4 Å². The van der Waals surface area contributed by atoms with Crippen molar-refractivity contribution in [3.8, 4) is 11.5 Å². The Morgan fingerprint density at radius 1 is 1.50 bits per heavy atom. The number of piperazine rings is 1. The number of phenolic OH excluding ortho intramolecular Hbond substituents is 1. The van der Waals surface area contributed by atoms with Gasteiger partial charge in [-0.1, -0.05) is 11.6 Å². The number of nitrogens with zero attached hydrogens (tertiary/aromatic N) is 1. The van der Waals surface area contributed by atoms with Gasteiger partial charge in [0.1, 0.15) is 11.5 Å². The van der Waals surface area contributed by atoms with E-state index < -0.39 is 23.1 Å². The highest BCUT2D eigenvalue weighted by atomic mass is 35.5. The van der Waals surface area contributed by atoms with Gasteiger partial charge in [0, 0.05) is 29.7 Å². The number of methoxy groups -OCH3 is 1. The van der Waals surface area contributed by atoms with Crippen LogP contribution in [0.2, 0.25) is 5.02 Å². The van der Waals surface area contributed by atoms with E-state index in [0.29, 0.717) is 5.56 Å². The van der Waals surface area contributed by atoms with E-state index in [9.17, 15) is 14.7 Å². The summed E-state index contributed by atoms with van der Waals surface area (Å²) in [6, 6.07) is 2.79. The summed E-state index contributed by atoms with van der Waals surface area (Å²) in [5.74, 6) is -0.642. The van der Waals surface area contributed by atoms with Crippen LogP contribution in [0.3, 0.4) is 0 Å². The molecule has 10 heteroatoms. The van der Waals surface area contributed by atoms with Crippen molar-refractivity contribution < 1.29 is 24.2 Å². The quantitative estimate of drug-likeness (QED) is 0.578. The van der Waals surface area contributed by atoms with Gasteiger partial charge in [-0.2, -0.15) is 0 Å². The Kier molecular flexibility index (Phi) is 3.00. The van der Waals surface area contributed by atoms with Crippen molar-refractivity contribution in [2.24, 2.45) is 0 Å². The normalized spacial score (nSPS) is 32.2. The highest BCUT2D eigenvalue weighted by Gasteiger charge is 2.67. The molecule has 3 atom stereocenters. The van der Waals surface area contributed by atoms with Gasteiger partial charge in [-0.15, -0.1) is 0 Å². The lowest BCUT2D eigenvalue weighted by atomic mass is 9.98. The average molecular weight is 361 g/mol. The van der Waals surface area contributed by atoms with Crippen molar-refractivity contribution in [1.29, 1.82) is 0 Å². The molecule has 116 valence electrons. The van der Waals surface area contributed by atoms with Crippen LogP contribution in [0.15, 0.2) is 12.1 Å². The molecular weight excluding hydrogens is 352 g/mol. The molecule has 1 spiro atoms. The summed E-state index contributed by atoms with van der Waals surface area (Å²) in [5.41, 5.74) is -1.14. The predicted octanol–water partition coefficient (Wildman–Crippen LogP) is 1.42. The van der Waals surface area contributed by atoms with Crippen molar-refractivity contribution in [3.05, 3.63) is 22.7 Å². The first kappa shape index (κ1) is 14.3. The molecular formula is C12H9ClN2O5S2. The number of aromatic hydroxyl groups is 1. The first-order valence-corrected chi connectivity index (χ1v) is 8.76. The van der Waals surface area contributed by atoms with Crippen LogP contribution < -0.4 is 10.1 Å². The average Bonchev–Trinajstić information content (AvgIpc) is 2.93. The Morgan fingerprint density at radius 2 is 2.27 bits per heavy atom. The second kappa shape index (κ2) is 4.60. The summed E-state index contributed by atoms with van der Waals surface area (Å²) >= 11 is 5.93. The Bertz CT molecular complexity index is 717. The molecule has 3 heterocycles. The fourth-order valence-corrected chi connectivity index (χ4v) is 5.49. The summed E-state index contributed by atoms with van der Waals surface area (Å²) < 4.78 is 12.5. The van der Waals surface area contributed by atoms with E-state index >= 15 is 0 Å². The predicted molar refractivity (Wildman–Crippen MR) is 80.2 cm³/mol. The highest BCUT2D eigenvalue weighted by molar-refractivity contribution is 8.77. The number of fused-ring (bicyclic) bond motifs is 4. The summed E-state index contributed by atoms with van der Waals surface area (Å²) in [5, 5.41) is 11.9. The van der Waals surface area contributed by atoms with Crippen LogP contribution in [0.25, 0.3) is 0 Å². The number of carbonyl (C=O) groups is 2. The second-order valence-corrected chi connectivity index (χ2v) is 7.52. The van der Waals surface area contributed by atoms with E-state index in [1.165, 1.54) is 34.3 Å². The molecule has 1 aromatic rings. The second-order valence-electron chi connectivity index (χ2n) is 4.91. The molecule has 22 heavy (non-hydrogen) atoms. The zero-order valence-electron chi connectivity index (χ0n) is 11.0. The van der Waals surface area contributed by atoms with E-state index in [4.69, 9.17) is 21.1 Å². The van der Waals surface area contributed by atoms with Crippen LogP contribution in [0.4, 0.5) is 0 Å². The number of ether oxygens (including phenoxy) is 2. The van der Waals surface area contributed by atoms with Gasteiger partial charge in [-0.05, 0) is 16.9 Å². The third kappa shape index (κ3) is 1.59. The number of halogens is 1. The third-order valence-corrected chi connectivity index (χ3v) is 6.53. The van der Waals surface area contributed by atoms with Crippen molar-refractivity contribution in [3.63, 3.8) is 0 Å². The zero-order chi connectivity index (χ0) is 15.6. The smallest absolute Gasteiger partial charge is 0.305 e. The molecule has 2 saturated heterocycles. The summed E-state index contributed by atoms with van der Waals surface area (Å²) in [6.07, 6.45) is -0.850. The molecule has 1 aromatic carbocycles. The first-order valence-electron chi connectivity index (χ1n) is 6.21. The van der Waals surface area contributed by atoms with Crippen LogP contribution in [0.1, 0.15) is 11.7 Å². The third-order valence-electron chi connectivity index (χ3n) is 3.75. The fourth-order valence-electron chi connectivity index (χ4n) is 2.77. The fraction of sp³-hybridized carbons (Fsp3) is 0.333. The Morgan fingerprint density at radius 3 is 3.00 bits per heavy atom. The molecule has 3 aliphatic rings. The van der Waals surface area contributed by atoms with Crippen molar-refractivity contribution >= 4 is 45.2 Å². The SMILES string of the molecule is COC1c2cc(Cl)c(O)cc2OC12C(=O)NC1SSN2C1=O. The van der Waals surface area contributed by atoms with Gasteiger partial charge in [0.15, 0.2) is 11.5 Å². The Balaban J connectivity index is 1.89. The van der Waals surface area contributed by atoms with E-state index in [1.807, 2.05) is 0 Å². The molecule has 0 aliphatic carbocycles. The largest absolute Gasteiger partial charge is 0.506 e. The number of benzene rings is 1. The summed E-state index contributed by atoms with van der Waals surface area (Å²) in [4.78, 5) is 24.9. The molecule has 2 bridgehead atoms. The lowest BCUT2D eigenvalue weighted by Crippen LogP contribution is -2.69. The minimum Gasteiger partial charge on any atom is -0.506 e. The van der Waals surface area contributed by atoms with Crippen LogP contribution in [-0.2, 0) is 14.3 Å². The highest BCUT2D eigenvalue weighted by Crippen LogP contribution is 2.57. The maximum absolute atomic E-state index is 12.6. The van der Waals surface area contributed by atoms with Crippen LogP contribution in [0, 0.1) is 0 Å². The maximum Gasteiger partial charge on any atom is 0.305 e. The number of amides is 2. The van der Waals surface area contributed by atoms with Gasteiger partial charge < -0.3 is 19.9 Å². The van der Waals surface area contributed by atoms with Gasteiger partial charge in [-0.3, -0.25) is 9.59 Å². The van der Waals surface area contributed by atoms with Gasteiger partial charge in [0.25, 0.3) is 11.8 Å². The number of hydrogen-bond acceptors (Lipinski definition) is 7. The molecule has 3 aliphatic heterocycles. The lowest BCUT2D eigenvalue weighted by Gasteiger charge is -2.40. The van der Waals surface area contributed by atoms with Crippen LogP contribution in [0.5, 0.6) is 11.5 Å². The standard InChI is InChI=1S/C12H9ClN2O5S2/c1-19-8-4-2-5(13)6(16)3-7(4)20-12(8)11(18)14-9-10(17)15(12)22-21-9/h2-3,8-9,16H,1H3,(H,14,18). The number of rotatable bonds is 1. The minimum absolute atomic E-state index is 0.116. The van der Waals surface area contributed by atoms with E-state index in [0.717, 1.165) is 11.0 Å². The lowest BCUT2D eigenvalue weighted by molar-refractivity contribution is -0.178. The van der Waals surface area contributed by atoms with E-state index in [-0.39, 0.29) is 22.4 Å². The topological polar surface area (TPSA) is 88.1 Å². The number of nitrogens with one attached hydrogen (secondary N) is 1. The Labute approximate surface area is 137 Å². The number of carbonyl (C=O) groups excluding carboxylic acids is 2. The van der Waals surface area contributed by atoms with Crippen molar-refractivity contribution in [1.82, 2.24) is 9.62 Å². The van der Waals surface area contributed by atoms with Gasteiger partial charge >= 0.3 is 5.72 Å². The first-order chi connectivity index (χ1) is 10.5. The van der Waals surface area contributed by atoms with E-state index in [1.54, 1.807) is 0 Å². The zero-order valence-corrected chi connectivity index (χ0v) is 13.4.